The van der Waals surface area contributed by atoms with Crippen molar-refractivity contribution < 1.29 is 14.3 Å². The van der Waals surface area contributed by atoms with E-state index in [0.717, 1.165) is 11.1 Å². The Morgan fingerprint density at radius 3 is 2.42 bits per heavy atom. The molecular formula is C22H23NO3. The molecule has 0 saturated carbocycles. The van der Waals surface area contributed by atoms with Crippen molar-refractivity contribution in [2.24, 2.45) is 0 Å². The van der Waals surface area contributed by atoms with Crippen LogP contribution in [0.4, 0.5) is 0 Å². The maximum Gasteiger partial charge on any atom is 0.261 e. The largest absolute Gasteiger partial charge is 0.492 e. The number of fused-ring (bicyclic) bond motifs is 1. The smallest absolute Gasteiger partial charge is 0.261 e. The van der Waals surface area contributed by atoms with E-state index in [1.165, 1.54) is 5.39 Å². The number of ether oxygens (including phenoxy) is 2. The third kappa shape index (κ3) is 4.76. The van der Waals surface area contributed by atoms with Gasteiger partial charge in [-0.1, -0.05) is 55.5 Å². The molecule has 4 heteroatoms. The van der Waals surface area contributed by atoms with Crippen molar-refractivity contribution in [2.45, 2.75) is 19.4 Å². The molecule has 0 fully saturated rings. The highest BCUT2D eigenvalue weighted by atomic mass is 16.5. The Kier molecular flexibility index (Phi) is 6.09. The molecule has 1 amide bonds. The Bertz CT molecular complexity index is 848. The summed E-state index contributed by atoms with van der Waals surface area (Å²) in [6.45, 7) is 2.77. The number of nitrogens with one attached hydrogen (secondary N) is 1. The topological polar surface area (TPSA) is 47.6 Å². The zero-order valence-corrected chi connectivity index (χ0v) is 14.9. The highest BCUT2D eigenvalue weighted by molar-refractivity contribution is 5.83. The lowest BCUT2D eigenvalue weighted by molar-refractivity contribution is -0.128. The second-order valence-electron chi connectivity index (χ2n) is 5.98. The Morgan fingerprint density at radius 1 is 0.923 bits per heavy atom. The van der Waals surface area contributed by atoms with Gasteiger partial charge in [0.2, 0.25) is 0 Å². The highest BCUT2D eigenvalue weighted by Crippen LogP contribution is 2.20. The van der Waals surface area contributed by atoms with Crippen LogP contribution in [0.15, 0.2) is 72.8 Å². The fraction of sp³-hybridized carbons (Fsp3) is 0.227. The van der Waals surface area contributed by atoms with E-state index in [2.05, 4.69) is 17.4 Å². The minimum atomic E-state index is -0.502. The summed E-state index contributed by atoms with van der Waals surface area (Å²) in [4.78, 5) is 12.3. The molecule has 4 nitrogen and oxygen atoms in total. The highest BCUT2D eigenvalue weighted by Gasteiger charge is 2.17. The molecule has 0 aliphatic heterocycles. The third-order valence-corrected chi connectivity index (χ3v) is 4.08. The second-order valence-corrected chi connectivity index (χ2v) is 5.98. The van der Waals surface area contributed by atoms with Gasteiger partial charge in [0.25, 0.3) is 5.91 Å². The fourth-order valence-corrected chi connectivity index (χ4v) is 2.70. The molecule has 0 aromatic heterocycles. The molecule has 0 spiro atoms. The lowest BCUT2D eigenvalue weighted by atomic mass is 10.1. The van der Waals surface area contributed by atoms with E-state index in [1.54, 1.807) is 0 Å². The van der Waals surface area contributed by atoms with Crippen molar-refractivity contribution in [1.82, 2.24) is 5.32 Å². The van der Waals surface area contributed by atoms with Crippen LogP contribution < -0.4 is 14.8 Å². The van der Waals surface area contributed by atoms with Crippen molar-refractivity contribution in [3.63, 3.8) is 0 Å². The van der Waals surface area contributed by atoms with Gasteiger partial charge < -0.3 is 14.8 Å². The number of rotatable bonds is 8. The molecule has 0 aliphatic carbocycles. The Morgan fingerprint density at radius 2 is 1.65 bits per heavy atom. The molecule has 3 aromatic carbocycles. The molecule has 0 heterocycles. The second kappa shape index (κ2) is 8.90. The molecule has 0 saturated heterocycles. The normalized spacial score (nSPS) is 11.7. The predicted molar refractivity (Wildman–Crippen MR) is 104 cm³/mol. The number of amides is 1. The van der Waals surface area contributed by atoms with Crippen LogP contribution in [0.25, 0.3) is 10.8 Å². The number of hydrogen-bond acceptors (Lipinski definition) is 3. The van der Waals surface area contributed by atoms with Crippen LogP contribution >= 0.6 is 0 Å². The van der Waals surface area contributed by atoms with Crippen molar-refractivity contribution in [2.75, 3.05) is 13.2 Å². The maximum absolute atomic E-state index is 12.3. The number of carbonyl (C=O) groups excluding carboxylic acids is 1. The van der Waals surface area contributed by atoms with Gasteiger partial charge in [-0.05, 0) is 41.5 Å². The van der Waals surface area contributed by atoms with Crippen molar-refractivity contribution in [1.29, 1.82) is 0 Å². The Hall–Kier alpha value is -3.01. The molecule has 0 aliphatic rings. The summed E-state index contributed by atoms with van der Waals surface area (Å²) in [7, 11) is 0. The monoisotopic (exact) mass is 349 g/mol. The summed E-state index contributed by atoms with van der Waals surface area (Å²) in [6.07, 6.45) is 0.102. The van der Waals surface area contributed by atoms with Crippen LogP contribution in [0.2, 0.25) is 0 Å². The van der Waals surface area contributed by atoms with Crippen LogP contribution in [0.1, 0.15) is 13.3 Å². The van der Waals surface area contributed by atoms with Gasteiger partial charge in [0.05, 0.1) is 6.54 Å². The van der Waals surface area contributed by atoms with Gasteiger partial charge in [0.1, 0.15) is 18.1 Å². The molecule has 1 unspecified atom stereocenters. The van der Waals surface area contributed by atoms with E-state index in [-0.39, 0.29) is 5.91 Å². The van der Waals surface area contributed by atoms with E-state index in [9.17, 15) is 4.79 Å². The summed E-state index contributed by atoms with van der Waals surface area (Å²) in [5.74, 6) is 1.37. The summed E-state index contributed by atoms with van der Waals surface area (Å²) in [5.41, 5.74) is 0. The van der Waals surface area contributed by atoms with Crippen LogP contribution in [-0.4, -0.2) is 25.2 Å². The van der Waals surface area contributed by atoms with Crippen molar-refractivity contribution in [3.05, 3.63) is 72.8 Å². The van der Waals surface area contributed by atoms with E-state index >= 15 is 0 Å². The molecule has 3 rings (SSSR count). The lowest BCUT2D eigenvalue weighted by Gasteiger charge is -2.17. The minimum Gasteiger partial charge on any atom is -0.492 e. The van der Waals surface area contributed by atoms with Crippen LogP contribution in [0, 0.1) is 0 Å². The van der Waals surface area contributed by atoms with Gasteiger partial charge in [-0.2, -0.15) is 0 Å². The summed E-state index contributed by atoms with van der Waals surface area (Å²) in [6, 6.07) is 23.5. The molecule has 3 aromatic rings. The summed E-state index contributed by atoms with van der Waals surface area (Å²) < 4.78 is 11.5. The zero-order chi connectivity index (χ0) is 18.2. The van der Waals surface area contributed by atoms with Gasteiger partial charge >= 0.3 is 0 Å². The molecule has 1 atom stereocenters. The fourth-order valence-electron chi connectivity index (χ4n) is 2.70. The maximum atomic E-state index is 12.3. The molecule has 0 radical (unpaired) electrons. The van der Waals surface area contributed by atoms with E-state index in [1.807, 2.05) is 67.6 Å². The van der Waals surface area contributed by atoms with E-state index in [0.29, 0.717) is 25.3 Å². The van der Waals surface area contributed by atoms with Gasteiger partial charge in [-0.25, -0.2) is 0 Å². The van der Waals surface area contributed by atoms with Gasteiger partial charge in [-0.15, -0.1) is 0 Å². The molecule has 0 bridgehead atoms. The first-order valence-electron chi connectivity index (χ1n) is 8.87. The average Bonchev–Trinajstić information content (AvgIpc) is 2.70. The number of para-hydroxylation sites is 1. The molecule has 1 N–H and O–H groups in total. The summed E-state index contributed by atoms with van der Waals surface area (Å²) in [5, 5.41) is 5.19. The van der Waals surface area contributed by atoms with Crippen LogP contribution in [-0.2, 0) is 4.79 Å². The SMILES string of the molecule is CCC(Oc1ccccc1)C(=O)NCCOc1ccc2ccccc2c1. The first kappa shape index (κ1) is 17.8. The van der Waals surface area contributed by atoms with Gasteiger partial charge in [0.15, 0.2) is 6.10 Å². The van der Waals surface area contributed by atoms with Gasteiger partial charge in [-0.3, -0.25) is 4.79 Å². The predicted octanol–water partition coefficient (Wildman–Crippen LogP) is 4.19. The quantitative estimate of drug-likeness (QED) is 0.620. The number of carbonyl (C=O) groups is 1. The lowest BCUT2D eigenvalue weighted by Crippen LogP contribution is -2.39. The zero-order valence-electron chi connectivity index (χ0n) is 14.9. The first-order valence-corrected chi connectivity index (χ1v) is 8.87. The standard InChI is InChI=1S/C22H23NO3/c1-2-21(26-19-10-4-3-5-11-19)22(24)23-14-15-25-20-13-12-17-8-6-7-9-18(17)16-20/h3-13,16,21H,2,14-15H2,1H3,(H,23,24). The van der Waals surface area contributed by atoms with E-state index in [4.69, 9.17) is 9.47 Å². The molecule has 26 heavy (non-hydrogen) atoms. The number of hydrogen-bond donors (Lipinski definition) is 1. The Balaban J connectivity index is 1.46. The van der Waals surface area contributed by atoms with Crippen molar-refractivity contribution >= 4 is 16.7 Å². The molecular weight excluding hydrogens is 326 g/mol. The van der Waals surface area contributed by atoms with Gasteiger partial charge in [0, 0.05) is 0 Å². The number of benzene rings is 3. The summed E-state index contributed by atoms with van der Waals surface area (Å²) >= 11 is 0. The molecule has 134 valence electrons. The van der Waals surface area contributed by atoms with Crippen LogP contribution in [0.5, 0.6) is 11.5 Å². The third-order valence-electron chi connectivity index (χ3n) is 4.08. The van der Waals surface area contributed by atoms with Crippen LogP contribution in [0.3, 0.4) is 0 Å². The van der Waals surface area contributed by atoms with Crippen molar-refractivity contribution in [3.8, 4) is 11.5 Å². The minimum absolute atomic E-state index is 0.126. The van der Waals surface area contributed by atoms with E-state index < -0.39 is 6.10 Å². The Labute approximate surface area is 153 Å². The first-order chi connectivity index (χ1) is 12.8. The average molecular weight is 349 g/mol.